The molecule has 1 aliphatic rings. The van der Waals surface area contributed by atoms with Crippen molar-refractivity contribution in [2.45, 2.75) is 51.2 Å². The molecule has 1 fully saturated rings. The van der Waals surface area contributed by atoms with Crippen LogP contribution in [0.25, 0.3) is 11.4 Å². The lowest BCUT2D eigenvalue weighted by molar-refractivity contribution is -0.128. The number of carbonyl (C=O) groups excluding carboxylic acids is 1. The van der Waals surface area contributed by atoms with Gasteiger partial charge in [-0.25, -0.2) is 0 Å². The van der Waals surface area contributed by atoms with Gasteiger partial charge in [0, 0.05) is 25.2 Å². The molecule has 134 valence electrons. The van der Waals surface area contributed by atoms with E-state index in [0.29, 0.717) is 5.75 Å². The minimum atomic E-state index is 0.218. The molecular formula is C19H26N4OS. The maximum atomic E-state index is 12.5. The van der Waals surface area contributed by atoms with Crippen LogP contribution in [0.2, 0.25) is 0 Å². The summed E-state index contributed by atoms with van der Waals surface area (Å²) in [5, 5.41) is 9.56. The van der Waals surface area contributed by atoms with Crippen LogP contribution < -0.4 is 0 Å². The highest BCUT2D eigenvalue weighted by atomic mass is 32.2. The zero-order valence-corrected chi connectivity index (χ0v) is 15.9. The number of rotatable bonds is 5. The fourth-order valence-corrected chi connectivity index (χ4v) is 4.15. The zero-order chi connectivity index (χ0) is 17.6. The first kappa shape index (κ1) is 18.0. The molecule has 0 N–H and O–H groups in total. The highest BCUT2D eigenvalue weighted by Crippen LogP contribution is 2.26. The molecule has 2 heterocycles. The molecule has 0 saturated carbocycles. The molecule has 0 unspecified atom stereocenters. The first-order chi connectivity index (χ1) is 12.2. The third kappa shape index (κ3) is 4.24. The fraction of sp³-hybridized carbons (Fsp3) is 0.526. The summed E-state index contributed by atoms with van der Waals surface area (Å²) in [6.07, 6.45) is 4.72. The molecule has 5 nitrogen and oxygen atoms in total. The van der Waals surface area contributed by atoms with Crippen LogP contribution in [0.5, 0.6) is 0 Å². The van der Waals surface area contributed by atoms with E-state index in [9.17, 15) is 4.79 Å². The Balaban J connectivity index is 1.71. The number of nitrogens with zero attached hydrogens (tertiary/aromatic N) is 4. The molecular weight excluding hydrogens is 332 g/mol. The minimum absolute atomic E-state index is 0.218. The topological polar surface area (TPSA) is 51.0 Å². The van der Waals surface area contributed by atoms with Crippen molar-refractivity contribution in [2.75, 3.05) is 18.8 Å². The van der Waals surface area contributed by atoms with Crippen LogP contribution in [-0.2, 0) is 11.3 Å². The third-order valence-electron chi connectivity index (χ3n) is 4.70. The van der Waals surface area contributed by atoms with Crippen LogP contribution in [0.1, 0.15) is 38.2 Å². The fourth-order valence-electron chi connectivity index (χ4n) is 3.24. The minimum Gasteiger partial charge on any atom is -0.342 e. The van der Waals surface area contributed by atoms with E-state index in [-0.39, 0.29) is 5.91 Å². The Hall–Kier alpha value is -1.82. The number of likely N-dealkylation sites (tertiary alicyclic amines) is 1. The molecule has 1 aliphatic heterocycles. The number of aromatic nitrogens is 3. The van der Waals surface area contributed by atoms with Gasteiger partial charge in [0.25, 0.3) is 0 Å². The number of hydrogen-bond donors (Lipinski definition) is 0. The summed E-state index contributed by atoms with van der Waals surface area (Å²) < 4.78 is 2.10. The number of amides is 1. The quantitative estimate of drug-likeness (QED) is 0.764. The van der Waals surface area contributed by atoms with E-state index < -0.39 is 0 Å². The number of hydrogen-bond acceptors (Lipinski definition) is 4. The van der Waals surface area contributed by atoms with Crippen molar-refractivity contribution in [1.29, 1.82) is 0 Å². The van der Waals surface area contributed by atoms with E-state index in [1.807, 2.05) is 17.0 Å². The molecule has 25 heavy (non-hydrogen) atoms. The lowest BCUT2D eigenvalue weighted by atomic mass is 10.1. The zero-order valence-electron chi connectivity index (χ0n) is 15.1. The molecule has 0 spiro atoms. The SMILES string of the molecule is CCn1c(SCC(=O)N2CCCCCC2)nnc1-c1ccccc1C. The summed E-state index contributed by atoms with van der Waals surface area (Å²) >= 11 is 1.50. The van der Waals surface area contributed by atoms with Gasteiger partial charge >= 0.3 is 0 Å². The van der Waals surface area contributed by atoms with Crippen LogP contribution in [-0.4, -0.2) is 44.4 Å². The standard InChI is InChI=1S/C19H26N4OS/c1-3-23-18(16-11-7-6-10-15(16)2)20-21-19(23)25-14-17(24)22-12-8-4-5-9-13-22/h6-7,10-11H,3-5,8-9,12-14H2,1-2H3. The average Bonchev–Trinajstić information content (AvgIpc) is 2.83. The molecule has 0 atom stereocenters. The Morgan fingerprint density at radius 2 is 1.84 bits per heavy atom. The van der Waals surface area contributed by atoms with E-state index >= 15 is 0 Å². The van der Waals surface area contributed by atoms with Gasteiger partial charge in [0.2, 0.25) is 5.91 Å². The van der Waals surface area contributed by atoms with Gasteiger partial charge in [-0.1, -0.05) is 48.9 Å². The van der Waals surface area contributed by atoms with E-state index in [1.165, 1.54) is 30.2 Å². The van der Waals surface area contributed by atoms with Gasteiger partial charge in [-0.2, -0.15) is 0 Å². The first-order valence-corrected chi connectivity index (χ1v) is 10.1. The highest BCUT2D eigenvalue weighted by Gasteiger charge is 2.19. The molecule has 0 aliphatic carbocycles. The summed E-state index contributed by atoms with van der Waals surface area (Å²) in [5.41, 5.74) is 2.28. The Kier molecular flexibility index (Phi) is 6.13. The summed E-state index contributed by atoms with van der Waals surface area (Å²) in [5.74, 6) is 1.53. The summed E-state index contributed by atoms with van der Waals surface area (Å²) in [4.78, 5) is 14.5. The van der Waals surface area contributed by atoms with Gasteiger partial charge in [-0.05, 0) is 32.3 Å². The highest BCUT2D eigenvalue weighted by molar-refractivity contribution is 7.99. The second-order valence-electron chi connectivity index (χ2n) is 6.45. The van der Waals surface area contributed by atoms with Gasteiger partial charge < -0.3 is 9.47 Å². The monoisotopic (exact) mass is 358 g/mol. The van der Waals surface area contributed by atoms with E-state index in [2.05, 4.69) is 40.7 Å². The van der Waals surface area contributed by atoms with E-state index in [4.69, 9.17) is 0 Å². The second-order valence-corrected chi connectivity index (χ2v) is 7.39. The van der Waals surface area contributed by atoms with Crippen molar-refractivity contribution in [2.24, 2.45) is 0 Å². The third-order valence-corrected chi connectivity index (χ3v) is 5.65. The molecule has 3 rings (SSSR count). The van der Waals surface area contributed by atoms with E-state index in [0.717, 1.165) is 49.0 Å². The number of thioether (sulfide) groups is 1. The summed E-state index contributed by atoms with van der Waals surface area (Å²) in [6.45, 7) is 6.76. The van der Waals surface area contributed by atoms with Crippen molar-refractivity contribution in [3.05, 3.63) is 29.8 Å². The molecule has 1 aromatic heterocycles. The Morgan fingerprint density at radius 1 is 1.12 bits per heavy atom. The largest absolute Gasteiger partial charge is 0.342 e. The predicted octanol–water partition coefficient (Wildman–Crippen LogP) is 3.77. The van der Waals surface area contributed by atoms with Gasteiger partial charge in [-0.15, -0.1) is 10.2 Å². The molecule has 0 radical (unpaired) electrons. The molecule has 0 bridgehead atoms. The van der Waals surface area contributed by atoms with E-state index in [1.54, 1.807) is 0 Å². The van der Waals surface area contributed by atoms with Crippen LogP contribution in [0, 0.1) is 6.92 Å². The van der Waals surface area contributed by atoms with Crippen molar-refractivity contribution in [3.63, 3.8) is 0 Å². The van der Waals surface area contributed by atoms with Crippen molar-refractivity contribution in [3.8, 4) is 11.4 Å². The average molecular weight is 359 g/mol. The van der Waals surface area contributed by atoms with Crippen LogP contribution in [0.15, 0.2) is 29.4 Å². The second kappa shape index (κ2) is 8.52. The summed E-state index contributed by atoms with van der Waals surface area (Å²) in [6, 6.07) is 8.20. The maximum Gasteiger partial charge on any atom is 0.233 e. The number of aryl methyl sites for hydroxylation is 1. The normalized spacial score (nSPS) is 15.2. The van der Waals surface area contributed by atoms with Crippen LogP contribution in [0.3, 0.4) is 0 Å². The van der Waals surface area contributed by atoms with Crippen molar-refractivity contribution in [1.82, 2.24) is 19.7 Å². The number of benzene rings is 1. The van der Waals surface area contributed by atoms with Gasteiger partial charge in [0.1, 0.15) is 0 Å². The smallest absolute Gasteiger partial charge is 0.233 e. The molecule has 1 amide bonds. The van der Waals surface area contributed by atoms with Crippen LogP contribution >= 0.6 is 11.8 Å². The van der Waals surface area contributed by atoms with Crippen LogP contribution in [0.4, 0.5) is 0 Å². The van der Waals surface area contributed by atoms with Crippen molar-refractivity contribution < 1.29 is 4.79 Å². The summed E-state index contributed by atoms with van der Waals surface area (Å²) in [7, 11) is 0. The first-order valence-electron chi connectivity index (χ1n) is 9.10. The van der Waals surface area contributed by atoms with Crippen molar-refractivity contribution >= 4 is 17.7 Å². The Morgan fingerprint density at radius 3 is 2.52 bits per heavy atom. The van der Waals surface area contributed by atoms with Gasteiger partial charge in [-0.3, -0.25) is 4.79 Å². The molecule has 2 aromatic rings. The number of carbonyl (C=O) groups is 1. The lowest BCUT2D eigenvalue weighted by Crippen LogP contribution is -2.33. The van der Waals surface area contributed by atoms with Gasteiger partial charge in [0.15, 0.2) is 11.0 Å². The van der Waals surface area contributed by atoms with Gasteiger partial charge in [0.05, 0.1) is 5.75 Å². The molecule has 1 aromatic carbocycles. The molecule has 1 saturated heterocycles. The predicted molar refractivity (Wildman–Crippen MR) is 102 cm³/mol. The lowest BCUT2D eigenvalue weighted by Gasteiger charge is -2.19. The Bertz CT molecular complexity index is 720. The maximum absolute atomic E-state index is 12.5. The molecule has 6 heteroatoms. The Labute approximate surface area is 153 Å².